The second-order valence-electron chi connectivity index (χ2n) is 5.95. The van der Waals surface area contributed by atoms with E-state index in [1.807, 2.05) is 0 Å². The van der Waals surface area contributed by atoms with Gasteiger partial charge in [0.1, 0.15) is 5.82 Å². The molecule has 3 rings (SSSR count). The molecule has 15 heteroatoms. The Labute approximate surface area is 159 Å². The molecule has 0 saturated carbocycles. The van der Waals surface area contributed by atoms with E-state index in [2.05, 4.69) is 9.97 Å². The Bertz CT molecular complexity index is 1010. The summed E-state index contributed by atoms with van der Waals surface area (Å²) >= 11 is 0. The van der Waals surface area contributed by atoms with E-state index < -0.39 is 44.9 Å². The van der Waals surface area contributed by atoms with Gasteiger partial charge in [0.15, 0.2) is 5.25 Å². The van der Waals surface area contributed by atoms with Crippen molar-refractivity contribution in [2.24, 2.45) is 0 Å². The van der Waals surface area contributed by atoms with Crippen LogP contribution in [-0.4, -0.2) is 47.6 Å². The van der Waals surface area contributed by atoms with E-state index >= 15 is 0 Å². The van der Waals surface area contributed by atoms with Crippen molar-refractivity contribution in [2.45, 2.75) is 23.4 Å². The minimum atomic E-state index is -5.39. The molecular weight excluding hydrogens is 429 g/mol. The maximum atomic E-state index is 14.4. The average molecular weight is 441 g/mol. The molecule has 0 bridgehead atoms. The molecule has 9 nitrogen and oxygen atoms in total. The van der Waals surface area contributed by atoms with E-state index in [4.69, 9.17) is 0 Å². The molecule has 2 aromatic rings. The van der Waals surface area contributed by atoms with Crippen LogP contribution in [0.4, 0.5) is 22.0 Å². The number of nitrogens with zero attached hydrogens (tertiary/aromatic N) is 1. The van der Waals surface area contributed by atoms with E-state index in [9.17, 15) is 40.3 Å². The molecule has 1 aromatic carbocycles. The standard InChI is InChI=1S/C14H12F5N5O4S/c15-12(16)13(17,18)23-14(19,22-12)24-29(27,28)9(11(25)26)7-3-1-2-4-8(7)10-20-5-6-21-10/h1-6,9,22-24H,(H,20,21)(H,25,26). The lowest BCUT2D eigenvalue weighted by atomic mass is 10.0. The highest BCUT2D eigenvalue weighted by Gasteiger charge is 2.70. The predicted octanol–water partition coefficient (Wildman–Crippen LogP) is 1.08. The van der Waals surface area contributed by atoms with Crippen LogP contribution in [0.2, 0.25) is 0 Å². The number of aliphatic carboxylic acids is 1. The van der Waals surface area contributed by atoms with Gasteiger partial charge in [0.25, 0.3) is 6.04 Å². The van der Waals surface area contributed by atoms with Crippen molar-refractivity contribution >= 4 is 16.0 Å². The largest absolute Gasteiger partial charge is 0.480 e. The molecule has 1 aliphatic rings. The lowest BCUT2D eigenvalue weighted by Gasteiger charge is -2.24. The number of hydrogen-bond donors (Lipinski definition) is 5. The summed E-state index contributed by atoms with van der Waals surface area (Å²) in [6.45, 7) is 0. The number of H-pyrrole nitrogens is 1. The van der Waals surface area contributed by atoms with Crippen molar-refractivity contribution in [1.29, 1.82) is 0 Å². The smallest absolute Gasteiger partial charge is 0.384 e. The highest BCUT2D eigenvalue weighted by molar-refractivity contribution is 7.90. The zero-order chi connectivity index (χ0) is 21.7. The normalized spacial score (nSPS) is 21.0. The highest BCUT2D eigenvalue weighted by Crippen LogP contribution is 2.39. The average Bonchev–Trinajstić information content (AvgIpc) is 3.11. The fourth-order valence-electron chi connectivity index (χ4n) is 2.71. The monoisotopic (exact) mass is 441 g/mol. The summed E-state index contributed by atoms with van der Waals surface area (Å²) in [5, 5.41) is 7.84. The number of sulfonamides is 1. The highest BCUT2D eigenvalue weighted by atomic mass is 32.2. The van der Waals surface area contributed by atoms with Gasteiger partial charge < -0.3 is 10.1 Å². The van der Waals surface area contributed by atoms with Gasteiger partial charge in [-0.05, 0) is 5.56 Å². The molecule has 0 radical (unpaired) electrons. The summed E-state index contributed by atoms with van der Waals surface area (Å²) < 4.78 is 93.2. The Morgan fingerprint density at radius 2 is 1.69 bits per heavy atom. The fourth-order valence-corrected chi connectivity index (χ4v) is 4.13. The van der Waals surface area contributed by atoms with Gasteiger partial charge in [0.2, 0.25) is 10.0 Å². The van der Waals surface area contributed by atoms with Crippen LogP contribution in [0.3, 0.4) is 0 Å². The topological polar surface area (TPSA) is 136 Å². The molecule has 2 heterocycles. The van der Waals surface area contributed by atoms with E-state index in [0.29, 0.717) is 10.6 Å². The number of hydrogen-bond acceptors (Lipinski definition) is 6. The van der Waals surface area contributed by atoms with E-state index in [1.54, 1.807) is 0 Å². The van der Waals surface area contributed by atoms with Gasteiger partial charge in [-0.25, -0.2) is 13.4 Å². The Morgan fingerprint density at radius 3 is 2.21 bits per heavy atom. The number of carboxylic acids is 1. The molecule has 0 amide bonds. The number of rotatable bonds is 6. The number of alkyl halides is 5. The number of halogens is 5. The van der Waals surface area contributed by atoms with Crippen LogP contribution in [0.1, 0.15) is 10.8 Å². The first-order chi connectivity index (χ1) is 13.3. The van der Waals surface area contributed by atoms with Crippen LogP contribution in [-0.2, 0) is 14.8 Å². The second kappa shape index (κ2) is 6.72. The number of nitrogens with one attached hydrogen (secondary N) is 4. The zero-order valence-corrected chi connectivity index (χ0v) is 14.8. The molecule has 5 N–H and O–H groups in total. The lowest BCUT2D eigenvalue weighted by molar-refractivity contribution is -0.207. The van der Waals surface area contributed by atoms with Crippen molar-refractivity contribution in [2.75, 3.05) is 0 Å². The number of carboxylic acid groups (broad SMARTS) is 1. The van der Waals surface area contributed by atoms with Crippen LogP contribution >= 0.6 is 0 Å². The van der Waals surface area contributed by atoms with Crippen molar-refractivity contribution in [3.63, 3.8) is 0 Å². The molecule has 1 atom stereocenters. The summed E-state index contributed by atoms with van der Waals surface area (Å²) in [6.07, 6.45) is 2.66. The molecule has 1 fully saturated rings. The summed E-state index contributed by atoms with van der Waals surface area (Å²) in [5.74, 6) is -1.95. The van der Waals surface area contributed by atoms with Crippen LogP contribution in [0.25, 0.3) is 11.4 Å². The maximum Gasteiger partial charge on any atom is 0.384 e. The van der Waals surface area contributed by atoms with Gasteiger partial charge in [-0.15, -0.1) is 0 Å². The number of aromatic nitrogens is 2. The van der Waals surface area contributed by atoms with Gasteiger partial charge in [-0.3, -0.25) is 4.79 Å². The van der Waals surface area contributed by atoms with Crippen LogP contribution in [0.5, 0.6) is 0 Å². The lowest BCUT2D eigenvalue weighted by Crippen LogP contribution is -2.61. The van der Waals surface area contributed by atoms with Crippen LogP contribution < -0.4 is 15.4 Å². The number of aromatic amines is 1. The molecule has 1 saturated heterocycles. The number of benzene rings is 1. The van der Waals surface area contributed by atoms with Gasteiger partial charge in [-0.1, -0.05) is 24.3 Å². The van der Waals surface area contributed by atoms with E-state index in [1.165, 1.54) is 30.6 Å². The quantitative estimate of drug-likeness (QED) is 0.334. The number of carbonyl (C=O) groups is 1. The molecular formula is C14H12F5N5O4S. The second-order valence-corrected chi connectivity index (χ2v) is 7.71. The Hall–Kier alpha value is -2.62. The van der Waals surface area contributed by atoms with Crippen molar-refractivity contribution < 1.29 is 40.3 Å². The van der Waals surface area contributed by atoms with Crippen molar-refractivity contribution in [3.8, 4) is 11.4 Å². The van der Waals surface area contributed by atoms with Gasteiger partial charge in [0.05, 0.1) is 0 Å². The van der Waals surface area contributed by atoms with Crippen LogP contribution in [0, 0.1) is 0 Å². The van der Waals surface area contributed by atoms with Gasteiger partial charge in [0, 0.05) is 18.0 Å². The molecule has 29 heavy (non-hydrogen) atoms. The fraction of sp³-hybridized carbons (Fsp3) is 0.286. The first-order valence-electron chi connectivity index (χ1n) is 7.65. The Morgan fingerprint density at radius 1 is 1.10 bits per heavy atom. The predicted molar refractivity (Wildman–Crippen MR) is 86.5 cm³/mol. The SMILES string of the molecule is O=C(O)C(c1ccccc1-c1ncc[nH]1)S(=O)(=O)NC1(F)NC(F)(F)C(F)(F)N1. The first kappa shape index (κ1) is 21.1. The minimum Gasteiger partial charge on any atom is -0.480 e. The minimum absolute atomic E-state index is 0.00816. The Balaban J connectivity index is 2.02. The third-order valence-corrected chi connectivity index (χ3v) is 5.51. The van der Waals surface area contributed by atoms with E-state index in [0.717, 1.165) is 10.8 Å². The van der Waals surface area contributed by atoms with Crippen molar-refractivity contribution in [1.82, 2.24) is 25.3 Å². The number of imidazole rings is 1. The molecule has 1 aliphatic heterocycles. The zero-order valence-electron chi connectivity index (χ0n) is 14.0. The third-order valence-electron chi connectivity index (χ3n) is 3.87. The molecule has 1 unspecified atom stereocenters. The summed E-state index contributed by atoms with van der Waals surface area (Å²) in [5.41, 5.74) is -0.422. The molecule has 0 spiro atoms. The summed E-state index contributed by atoms with van der Waals surface area (Å²) in [6, 6.07) is -9.47. The molecule has 0 aliphatic carbocycles. The third kappa shape index (κ3) is 3.81. The van der Waals surface area contributed by atoms with E-state index in [-0.39, 0.29) is 11.4 Å². The van der Waals surface area contributed by atoms with Gasteiger partial charge in [-0.2, -0.15) is 37.3 Å². The Kier molecular flexibility index (Phi) is 4.89. The first-order valence-corrected chi connectivity index (χ1v) is 9.20. The van der Waals surface area contributed by atoms with Crippen LogP contribution in [0.15, 0.2) is 36.7 Å². The summed E-state index contributed by atoms with van der Waals surface area (Å²) in [4.78, 5) is 18.2. The van der Waals surface area contributed by atoms with Gasteiger partial charge >= 0.3 is 18.1 Å². The van der Waals surface area contributed by atoms with Crippen molar-refractivity contribution in [3.05, 3.63) is 42.2 Å². The molecule has 158 valence electrons. The summed E-state index contributed by atoms with van der Waals surface area (Å²) in [7, 11) is -5.39. The molecule has 1 aromatic heterocycles. The maximum absolute atomic E-state index is 14.4.